The van der Waals surface area contributed by atoms with Crippen LogP contribution in [0, 0.1) is 5.41 Å². The third kappa shape index (κ3) is 2.37. The molecule has 0 aliphatic heterocycles. The molecule has 1 aliphatic carbocycles. The Morgan fingerprint density at radius 1 is 1.21 bits per heavy atom. The van der Waals surface area contributed by atoms with E-state index < -0.39 is 0 Å². The first-order valence-corrected chi connectivity index (χ1v) is 7.27. The Balaban J connectivity index is 1.89. The minimum Gasteiger partial charge on any atom is -0.327 e. The van der Waals surface area contributed by atoms with E-state index in [1.165, 1.54) is 36.6 Å². The molecule has 0 spiro atoms. The number of hydrogen-bond acceptors (Lipinski definition) is 2. The van der Waals surface area contributed by atoms with Gasteiger partial charge in [-0.2, -0.15) is 0 Å². The smallest absolute Gasteiger partial charge is 0.0704 e. The normalized spacial score (nSPS) is 19.7. The number of fused-ring (bicyclic) bond motifs is 1. The van der Waals surface area contributed by atoms with E-state index in [1.54, 1.807) is 0 Å². The Hall–Kier alpha value is -1.41. The molecular weight excluding hydrogens is 232 g/mol. The second-order valence-electron chi connectivity index (χ2n) is 6.16. The zero-order chi connectivity index (χ0) is 13.3. The van der Waals surface area contributed by atoms with E-state index >= 15 is 0 Å². The molecule has 2 N–H and O–H groups in total. The number of aromatic nitrogens is 1. The number of benzene rings is 1. The maximum Gasteiger partial charge on any atom is 0.0704 e. The second-order valence-corrected chi connectivity index (χ2v) is 6.16. The summed E-state index contributed by atoms with van der Waals surface area (Å²) in [7, 11) is 0. The van der Waals surface area contributed by atoms with Gasteiger partial charge in [0.2, 0.25) is 0 Å². The van der Waals surface area contributed by atoms with Gasteiger partial charge in [-0.3, -0.25) is 4.98 Å². The molecule has 19 heavy (non-hydrogen) atoms. The van der Waals surface area contributed by atoms with E-state index in [9.17, 15) is 0 Å². The van der Waals surface area contributed by atoms with E-state index in [4.69, 9.17) is 5.73 Å². The molecule has 0 radical (unpaired) electrons. The molecule has 1 atom stereocenters. The SMILES string of the molecule is CC1(C(N)Cc2ccnc3ccccc23)CCCC1. The highest BCUT2D eigenvalue weighted by Gasteiger charge is 2.34. The van der Waals surface area contributed by atoms with Crippen molar-refractivity contribution in [2.45, 2.75) is 45.1 Å². The molecule has 0 saturated heterocycles. The van der Waals surface area contributed by atoms with Crippen molar-refractivity contribution in [2.24, 2.45) is 11.1 Å². The van der Waals surface area contributed by atoms with Gasteiger partial charge in [-0.15, -0.1) is 0 Å². The fourth-order valence-corrected chi connectivity index (χ4v) is 3.37. The highest BCUT2D eigenvalue weighted by atomic mass is 14.7. The third-order valence-corrected chi connectivity index (χ3v) is 4.82. The summed E-state index contributed by atoms with van der Waals surface area (Å²) in [6, 6.07) is 10.7. The van der Waals surface area contributed by atoms with Crippen molar-refractivity contribution in [3.8, 4) is 0 Å². The minimum atomic E-state index is 0.251. The Morgan fingerprint density at radius 2 is 1.95 bits per heavy atom. The predicted molar refractivity (Wildman–Crippen MR) is 80.0 cm³/mol. The Kier molecular flexibility index (Phi) is 3.28. The second kappa shape index (κ2) is 4.93. The number of nitrogens with zero attached hydrogens (tertiary/aromatic N) is 1. The van der Waals surface area contributed by atoms with Crippen molar-refractivity contribution >= 4 is 10.9 Å². The van der Waals surface area contributed by atoms with Gasteiger partial charge in [0.15, 0.2) is 0 Å². The predicted octanol–water partition coefficient (Wildman–Crippen LogP) is 3.68. The van der Waals surface area contributed by atoms with Gasteiger partial charge in [-0.1, -0.05) is 38.0 Å². The molecule has 1 aliphatic rings. The van der Waals surface area contributed by atoms with E-state index in [-0.39, 0.29) is 6.04 Å². The van der Waals surface area contributed by atoms with Crippen LogP contribution in [-0.2, 0) is 6.42 Å². The zero-order valence-electron chi connectivity index (χ0n) is 11.6. The molecule has 1 aromatic carbocycles. The molecule has 2 heteroatoms. The zero-order valence-corrected chi connectivity index (χ0v) is 11.6. The molecule has 0 bridgehead atoms. The van der Waals surface area contributed by atoms with Gasteiger partial charge in [0, 0.05) is 17.6 Å². The lowest BCUT2D eigenvalue weighted by Gasteiger charge is -2.31. The molecule has 3 rings (SSSR count). The molecule has 1 heterocycles. The summed E-state index contributed by atoms with van der Waals surface area (Å²) in [4.78, 5) is 4.42. The van der Waals surface area contributed by atoms with Gasteiger partial charge >= 0.3 is 0 Å². The van der Waals surface area contributed by atoms with E-state index in [0.717, 1.165) is 11.9 Å². The summed E-state index contributed by atoms with van der Waals surface area (Å²) in [6.07, 6.45) is 8.08. The first-order chi connectivity index (χ1) is 9.19. The summed E-state index contributed by atoms with van der Waals surface area (Å²) in [5, 5.41) is 1.25. The van der Waals surface area contributed by atoms with Crippen molar-refractivity contribution in [1.29, 1.82) is 0 Å². The first kappa shape index (κ1) is 12.6. The molecule has 2 nitrogen and oxygen atoms in total. The topological polar surface area (TPSA) is 38.9 Å². The molecule has 1 saturated carbocycles. The molecule has 0 amide bonds. The van der Waals surface area contributed by atoms with Gasteiger partial charge in [0.25, 0.3) is 0 Å². The maximum atomic E-state index is 6.52. The van der Waals surface area contributed by atoms with E-state index in [1.807, 2.05) is 12.3 Å². The maximum absolute atomic E-state index is 6.52. The van der Waals surface area contributed by atoms with Crippen LogP contribution in [0.4, 0.5) is 0 Å². The molecule has 2 aromatic rings. The fourth-order valence-electron chi connectivity index (χ4n) is 3.37. The quantitative estimate of drug-likeness (QED) is 0.907. The monoisotopic (exact) mass is 254 g/mol. The lowest BCUT2D eigenvalue weighted by Crippen LogP contribution is -2.39. The molecule has 1 fully saturated rings. The van der Waals surface area contributed by atoms with Gasteiger partial charge in [0.1, 0.15) is 0 Å². The van der Waals surface area contributed by atoms with Gasteiger partial charge in [-0.25, -0.2) is 0 Å². The van der Waals surface area contributed by atoms with Gasteiger partial charge in [-0.05, 0) is 42.4 Å². The summed E-state index contributed by atoms with van der Waals surface area (Å²) >= 11 is 0. The van der Waals surface area contributed by atoms with Crippen LogP contribution < -0.4 is 5.73 Å². The Labute approximate surface area is 115 Å². The average molecular weight is 254 g/mol. The summed E-state index contributed by atoms with van der Waals surface area (Å²) < 4.78 is 0. The van der Waals surface area contributed by atoms with Crippen LogP contribution in [0.2, 0.25) is 0 Å². The van der Waals surface area contributed by atoms with Gasteiger partial charge in [0.05, 0.1) is 5.52 Å². The largest absolute Gasteiger partial charge is 0.327 e. The molecular formula is C17H22N2. The van der Waals surface area contributed by atoms with Crippen molar-refractivity contribution in [2.75, 3.05) is 0 Å². The fraction of sp³-hybridized carbons (Fsp3) is 0.471. The molecule has 100 valence electrons. The highest BCUT2D eigenvalue weighted by molar-refractivity contribution is 5.81. The Morgan fingerprint density at radius 3 is 2.74 bits per heavy atom. The number of para-hydroxylation sites is 1. The lowest BCUT2D eigenvalue weighted by atomic mass is 9.78. The number of nitrogens with two attached hydrogens (primary N) is 1. The van der Waals surface area contributed by atoms with Crippen LogP contribution in [0.15, 0.2) is 36.5 Å². The summed E-state index contributed by atoms with van der Waals surface area (Å²) in [5.41, 5.74) is 9.25. The lowest BCUT2D eigenvalue weighted by molar-refractivity contribution is 0.260. The highest BCUT2D eigenvalue weighted by Crippen LogP contribution is 2.40. The van der Waals surface area contributed by atoms with Crippen molar-refractivity contribution < 1.29 is 0 Å². The summed E-state index contributed by atoms with van der Waals surface area (Å²) in [5.74, 6) is 0. The van der Waals surface area contributed by atoms with Gasteiger partial charge < -0.3 is 5.73 Å². The first-order valence-electron chi connectivity index (χ1n) is 7.27. The van der Waals surface area contributed by atoms with Crippen molar-refractivity contribution in [1.82, 2.24) is 4.98 Å². The standard InChI is InChI=1S/C17H22N2/c1-17(9-4-5-10-17)16(18)12-13-8-11-19-15-7-3-2-6-14(13)15/h2-3,6-8,11,16H,4-5,9-10,12,18H2,1H3. The van der Waals surface area contributed by atoms with Crippen LogP contribution in [0.25, 0.3) is 10.9 Å². The third-order valence-electron chi connectivity index (χ3n) is 4.82. The molecule has 1 aromatic heterocycles. The number of hydrogen-bond donors (Lipinski definition) is 1. The van der Waals surface area contributed by atoms with E-state index in [0.29, 0.717) is 5.41 Å². The van der Waals surface area contributed by atoms with Crippen LogP contribution in [0.3, 0.4) is 0 Å². The minimum absolute atomic E-state index is 0.251. The van der Waals surface area contributed by atoms with Crippen LogP contribution in [0.5, 0.6) is 0 Å². The van der Waals surface area contributed by atoms with Crippen LogP contribution >= 0.6 is 0 Å². The average Bonchev–Trinajstić information content (AvgIpc) is 2.87. The number of pyridine rings is 1. The van der Waals surface area contributed by atoms with E-state index in [2.05, 4.69) is 36.2 Å². The summed E-state index contributed by atoms with van der Waals surface area (Å²) in [6.45, 7) is 2.36. The van der Waals surface area contributed by atoms with Crippen molar-refractivity contribution in [3.05, 3.63) is 42.1 Å². The number of rotatable bonds is 3. The van der Waals surface area contributed by atoms with Crippen LogP contribution in [-0.4, -0.2) is 11.0 Å². The van der Waals surface area contributed by atoms with Crippen molar-refractivity contribution in [3.63, 3.8) is 0 Å². The Bertz CT molecular complexity index is 565. The van der Waals surface area contributed by atoms with Crippen LogP contribution in [0.1, 0.15) is 38.2 Å². The molecule has 1 unspecified atom stereocenters.